The number of halogens is 1. The maximum atomic E-state index is 12.4. The molecule has 0 radical (unpaired) electrons. The molecule has 1 saturated heterocycles. The van der Waals surface area contributed by atoms with E-state index in [2.05, 4.69) is 0 Å². The molecule has 1 aromatic rings. The predicted octanol–water partition coefficient (Wildman–Crippen LogP) is 0.992. The minimum absolute atomic E-state index is 0. The lowest BCUT2D eigenvalue weighted by Gasteiger charge is -2.23. The van der Waals surface area contributed by atoms with E-state index >= 15 is 0 Å². The van der Waals surface area contributed by atoms with Gasteiger partial charge in [0.05, 0.1) is 6.26 Å². The van der Waals surface area contributed by atoms with Gasteiger partial charge in [-0.1, -0.05) is 30.3 Å². The summed E-state index contributed by atoms with van der Waals surface area (Å²) in [6.07, 6.45) is 2.10. The first-order chi connectivity index (χ1) is 10.4. The number of rotatable bonds is 4. The minimum atomic E-state index is -3.19. The molecule has 0 saturated carbocycles. The first-order valence-electron chi connectivity index (χ1n) is 7.41. The van der Waals surface area contributed by atoms with Crippen LogP contribution in [0.4, 0.5) is 0 Å². The number of benzene rings is 1. The van der Waals surface area contributed by atoms with Crippen LogP contribution in [0.25, 0.3) is 0 Å². The van der Waals surface area contributed by atoms with E-state index in [-0.39, 0.29) is 30.8 Å². The van der Waals surface area contributed by atoms with Crippen LogP contribution in [0.3, 0.4) is 0 Å². The quantitative estimate of drug-likeness (QED) is 0.866. The minimum Gasteiger partial charge on any atom is -0.341 e. The summed E-state index contributed by atoms with van der Waals surface area (Å²) >= 11 is 0. The fraction of sp³-hybridized carbons (Fsp3) is 0.533. The summed E-state index contributed by atoms with van der Waals surface area (Å²) < 4.78 is 24.6. The van der Waals surface area contributed by atoms with Gasteiger partial charge in [-0.2, -0.15) is 0 Å². The average molecular weight is 362 g/mol. The number of nitrogens with two attached hydrogens (primary N) is 1. The molecule has 0 spiro atoms. The fourth-order valence-corrected chi connectivity index (χ4v) is 3.48. The van der Waals surface area contributed by atoms with E-state index in [1.165, 1.54) is 10.6 Å². The van der Waals surface area contributed by atoms with Crippen LogP contribution >= 0.6 is 12.4 Å². The SMILES string of the molecule is CS(=O)(=O)N1CCCN(C(=O)CC(N)c2ccccc2)CC1.Cl. The van der Waals surface area contributed by atoms with Crippen LogP contribution in [-0.4, -0.2) is 56.0 Å². The molecule has 23 heavy (non-hydrogen) atoms. The van der Waals surface area contributed by atoms with Crippen molar-refractivity contribution in [3.63, 3.8) is 0 Å². The van der Waals surface area contributed by atoms with E-state index in [9.17, 15) is 13.2 Å². The summed E-state index contributed by atoms with van der Waals surface area (Å²) in [5, 5.41) is 0. The highest BCUT2D eigenvalue weighted by molar-refractivity contribution is 7.88. The summed E-state index contributed by atoms with van der Waals surface area (Å²) in [7, 11) is -3.19. The maximum Gasteiger partial charge on any atom is 0.224 e. The van der Waals surface area contributed by atoms with Gasteiger partial charge in [-0.15, -0.1) is 12.4 Å². The van der Waals surface area contributed by atoms with Crippen molar-refractivity contribution in [2.24, 2.45) is 5.73 Å². The molecule has 1 amide bonds. The van der Waals surface area contributed by atoms with E-state index in [0.717, 1.165) is 5.56 Å². The molecule has 8 heteroatoms. The summed E-state index contributed by atoms with van der Waals surface area (Å²) in [5.41, 5.74) is 7.02. The zero-order valence-corrected chi connectivity index (χ0v) is 14.9. The molecular formula is C15H24ClN3O3S. The smallest absolute Gasteiger partial charge is 0.224 e. The lowest BCUT2D eigenvalue weighted by atomic mass is 10.0. The second-order valence-electron chi connectivity index (χ2n) is 5.62. The topological polar surface area (TPSA) is 83.7 Å². The van der Waals surface area contributed by atoms with Crippen LogP contribution < -0.4 is 5.73 Å². The standard InChI is InChI=1S/C15H23N3O3S.ClH/c1-22(20,21)18-9-5-8-17(10-11-18)15(19)12-14(16)13-6-3-2-4-7-13;/h2-4,6-7,14H,5,8-12,16H2,1H3;1H. The Balaban J connectivity index is 0.00000264. The van der Waals surface area contributed by atoms with E-state index in [0.29, 0.717) is 32.6 Å². The number of sulfonamides is 1. The highest BCUT2D eigenvalue weighted by Gasteiger charge is 2.24. The van der Waals surface area contributed by atoms with E-state index in [1.807, 2.05) is 30.3 Å². The van der Waals surface area contributed by atoms with E-state index in [4.69, 9.17) is 5.73 Å². The molecule has 6 nitrogen and oxygen atoms in total. The zero-order chi connectivity index (χ0) is 16.2. The van der Waals surface area contributed by atoms with Crippen molar-refractivity contribution in [3.05, 3.63) is 35.9 Å². The van der Waals surface area contributed by atoms with Crippen LogP contribution in [0.1, 0.15) is 24.4 Å². The Bertz CT molecular complexity index is 610. The van der Waals surface area contributed by atoms with Gasteiger partial charge in [-0.3, -0.25) is 4.79 Å². The number of nitrogens with zero attached hydrogens (tertiary/aromatic N) is 2. The third kappa shape index (κ3) is 5.76. The van der Waals surface area contributed by atoms with Gasteiger partial charge in [0, 0.05) is 38.6 Å². The molecule has 1 heterocycles. The molecule has 1 aliphatic heterocycles. The van der Waals surface area contributed by atoms with Crippen LogP contribution in [0.15, 0.2) is 30.3 Å². The summed E-state index contributed by atoms with van der Waals surface area (Å²) in [6, 6.07) is 9.19. The van der Waals surface area contributed by atoms with Crippen LogP contribution in [-0.2, 0) is 14.8 Å². The molecule has 130 valence electrons. The molecule has 2 N–H and O–H groups in total. The lowest BCUT2D eigenvalue weighted by Crippen LogP contribution is -2.37. The van der Waals surface area contributed by atoms with Gasteiger partial charge in [-0.25, -0.2) is 12.7 Å². The number of carbonyl (C=O) groups is 1. The Morgan fingerprint density at radius 1 is 1.17 bits per heavy atom. The number of hydrogen-bond acceptors (Lipinski definition) is 4. The number of amides is 1. The average Bonchev–Trinajstić information content (AvgIpc) is 2.73. The Labute approximate surface area is 144 Å². The molecule has 1 atom stereocenters. The van der Waals surface area contributed by atoms with Crippen molar-refractivity contribution in [1.29, 1.82) is 0 Å². The Morgan fingerprint density at radius 3 is 2.43 bits per heavy atom. The highest BCUT2D eigenvalue weighted by atomic mass is 35.5. The van der Waals surface area contributed by atoms with E-state index in [1.54, 1.807) is 4.90 Å². The van der Waals surface area contributed by atoms with Gasteiger partial charge in [0.25, 0.3) is 0 Å². The van der Waals surface area contributed by atoms with Crippen LogP contribution in [0.2, 0.25) is 0 Å². The van der Waals surface area contributed by atoms with Gasteiger partial charge >= 0.3 is 0 Å². The molecule has 0 aliphatic carbocycles. The molecule has 0 aromatic heterocycles. The van der Waals surface area contributed by atoms with Gasteiger partial charge in [0.2, 0.25) is 15.9 Å². The van der Waals surface area contributed by atoms with Crippen LogP contribution in [0, 0.1) is 0 Å². The summed E-state index contributed by atoms with van der Waals surface area (Å²) in [6.45, 7) is 1.82. The van der Waals surface area contributed by atoms with Crippen molar-refractivity contribution >= 4 is 28.3 Å². The van der Waals surface area contributed by atoms with Crippen molar-refractivity contribution in [2.45, 2.75) is 18.9 Å². The number of hydrogen-bond donors (Lipinski definition) is 1. The first-order valence-corrected chi connectivity index (χ1v) is 9.26. The Hall–Kier alpha value is -1.15. The van der Waals surface area contributed by atoms with Gasteiger partial charge < -0.3 is 10.6 Å². The summed E-state index contributed by atoms with van der Waals surface area (Å²) in [5.74, 6) is -0.0216. The Morgan fingerprint density at radius 2 is 1.83 bits per heavy atom. The molecule has 1 aromatic carbocycles. The predicted molar refractivity (Wildman–Crippen MR) is 92.8 cm³/mol. The largest absolute Gasteiger partial charge is 0.341 e. The highest BCUT2D eigenvalue weighted by Crippen LogP contribution is 2.16. The van der Waals surface area contributed by atoms with Gasteiger partial charge in [0.15, 0.2) is 0 Å². The van der Waals surface area contributed by atoms with Crippen molar-refractivity contribution < 1.29 is 13.2 Å². The van der Waals surface area contributed by atoms with Gasteiger partial charge in [-0.05, 0) is 12.0 Å². The Kier molecular flexibility index (Phi) is 7.47. The third-order valence-electron chi connectivity index (χ3n) is 3.90. The van der Waals surface area contributed by atoms with Crippen molar-refractivity contribution in [3.8, 4) is 0 Å². The van der Waals surface area contributed by atoms with Crippen LogP contribution in [0.5, 0.6) is 0 Å². The maximum absolute atomic E-state index is 12.4. The molecule has 0 bridgehead atoms. The summed E-state index contributed by atoms with van der Waals surface area (Å²) in [4.78, 5) is 14.1. The monoisotopic (exact) mass is 361 g/mol. The van der Waals surface area contributed by atoms with Gasteiger partial charge in [0.1, 0.15) is 0 Å². The second-order valence-corrected chi connectivity index (χ2v) is 7.60. The molecular weight excluding hydrogens is 338 g/mol. The van der Waals surface area contributed by atoms with E-state index < -0.39 is 10.0 Å². The van der Waals surface area contributed by atoms with Crippen molar-refractivity contribution in [2.75, 3.05) is 32.4 Å². The number of carbonyl (C=O) groups excluding carboxylic acids is 1. The molecule has 1 fully saturated rings. The molecule has 2 rings (SSSR count). The van der Waals surface area contributed by atoms with Crippen molar-refractivity contribution in [1.82, 2.24) is 9.21 Å². The zero-order valence-electron chi connectivity index (χ0n) is 13.2. The normalized spacial score (nSPS) is 17.9. The molecule has 1 aliphatic rings. The molecule has 1 unspecified atom stereocenters. The third-order valence-corrected chi connectivity index (χ3v) is 5.20. The fourth-order valence-electron chi connectivity index (χ4n) is 2.61. The second kappa shape index (κ2) is 8.63. The lowest BCUT2D eigenvalue weighted by molar-refractivity contribution is -0.131. The first kappa shape index (κ1) is 19.9.